The molecule has 56 heavy (non-hydrogen) atoms. The molecule has 0 aromatic heterocycles. The van der Waals surface area contributed by atoms with Crippen molar-refractivity contribution in [3.05, 3.63) is 223 Å². The Kier molecular flexibility index (Phi) is 8.23. The quantitative estimate of drug-likeness (QED) is 0.159. The lowest BCUT2D eigenvalue weighted by atomic mass is 9.82. The molecular weight excluding hydrogens is 675 g/mol. The van der Waals surface area contributed by atoms with E-state index in [0.717, 1.165) is 17.1 Å². The highest BCUT2D eigenvalue weighted by molar-refractivity contribution is 6.00. The molecule has 0 aliphatic heterocycles. The number of hydrogen-bond donors (Lipinski definition) is 0. The summed E-state index contributed by atoms with van der Waals surface area (Å²) in [6, 6.07) is 77.6. The van der Waals surface area contributed by atoms with Crippen molar-refractivity contribution in [2.24, 2.45) is 0 Å². The molecule has 1 nitrogen and oxygen atoms in total. The van der Waals surface area contributed by atoms with Crippen LogP contribution in [0, 0.1) is 0 Å². The van der Waals surface area contributed by atoms with Gasteiger partial charge in [-0.3, -0.25) is 0 Å². The fourth-order valence-electron chi connectivity index (χ4n) is 8.86. The lowest BCUT2D eigenvalue weighted by Crippen LogP contribution is -2.15. The predicted octanol–water partition coefficient (Wildman–Crippen LogP) is 15.3. The summed E-state index contributed by atoms with van der Waals surface area (Å²) in [4.78, 5) is 2.47. The number of hydrogen-bond acceptors (Lipinski definition) is 1. The van der Waals surface area contributed by atoms with E-state index >= 15 is 0 Å². The maximum absolute atomic E-state index is 2.47. The van der Waals surface area contributed by atoms with Gasteiger partial charge in [0.05, 0.1) is 11.4 Å². The molecule has 1 heteroatoms. The van der Waals surface area contributed by atoms with Crippen LogP contribution in [0.25, 0.3) is 66.4 Å². The molecule has 0 unspecified atom stereocenters. The molecule has 0 atom stereocenters. The van der Waals surface area contributed by atoms with Crippen molar-refractivity contribution in [2.75, 3.05) is 4.90 Å². The van der Waals surface area contributed by atoms with Crippen LogP contribution in [0.3, 0.4) is 0 Å². The van der Waals surface area contributed by atoms with E-state index in [2.05, 4.69) is 231 Å². The van der Waals surface area contributed by atoms with Crippen LogP contribution in [-0.4, -0.2) is 0 Å². The molecule has 1 aliphatic rings. The van der Waals surface area contributed by atoms with Gasteiger partial charge in [-0.25, -0.2) is 0 Å². The summed E-state index contributed by atoms with van der Waals surface area (Å²) >= 11 is 0. The average Bonchev–Trinajstić information content (AvgIpc) is 3.50. The lowest BCUT2D eigenvalue weighted by molar-refractivity contribution is 0.660. The Hall–Kier alpha value is -6.96. The fraction of sp³-hybridized carbons (Fsp3) is 0.0545. The highest BCUT2D eigenvalue weighted by Crippen LogP contribution is 2.54. The molecule has 0 heterocycles. The van der Waals surface area contributed by atoms with Crippen molar-refractivity contribution in [3.8, 4) is 55.6 Å². The van der Waals surface area contributed by atoms with E-state index in [1.54, 1.807) is 0 Å². The number of anilines is 3. The van der Waals surface area contributed by atoms with Crippen LogP contribution in [0.2, 0.25) is 0 Å². The normalized spacial score (nSPS) is 12.6. The first kappa shape index (κ1) is 33.6. The van der Waals surface area contributed by atoms with E-state index in [1.165, 1.54) is 77.5 Å². The summed E-state index contributed by atoms with van der Waals surface area (Å²) in [5, 5.41) is 2.47. The van der Waals surface area contributed by atoms with Crippen LogP contribution in [0.5, 0.6) is 0 Å². The van der Waals surface area contributed by atoms with Gasteiger partial charge in [-0.1, -0.05) is 190 Å². The standard InChI is InChI=1S/C55H41N/c1-55(2)50-26-11-8-24-49(50)54-48(25-15-27-51(54)55)47-23-10-13-29-53(47)56(52-28-12-9-22-46(52)44-31-30-39-18-6-7-19-41(39)37-44)45-34-32-40(33-35-45)43-21-14-20-42(36-43)38-16-4-3-5-17-38/h3-37H,1-2H3. The number of benzene rings is 9. The zero-order valence-corrected chi connectivity index (χ0v) is 31.7. The largest absolute Gasteiger partial charge is 0.309 e. The minimum absolute atomic E-state index is 0.0904. The second-order valence-electron chi connectivity index (χ2n) is 15.3. The third kappa shape index (κ3) is 5.72. The highest BCUT2D eigenvalue weighted by atomic mass is 15.1. The molecule has 0 spiro atoms. The minimum atomic E-state index is -0.0904. The Labute approximate surface area is 329 Å². The number of para-hydroxylation sites is 2. The Morgan fingerprint density at radius 1 is 0.321 bits per heavy atom. The van der Waals surface area contributed by atoms with E-state index in [-0.39, 0.29) is 5.41 Å². The van der Waals surface area contributed by atoms with E-state index in [4.69, 9.17) is 0 Å². The molecule has 0 N–H and O–H groups in total. The van der Waals surface area contributed by atoms with Crippen LogP contribution in [-0.2, 0) is 5.41 Å². The predicted molar refractivity (Wildman–Crippen MR) is 238 cm³/mol. The molecular formula is C55H41N. The molecule has 9 aromatic carbocycles. The molecule has 10 rings (SSSR count). The topological polar surface area (TPSA) is 3.24 Å². The monoisotopic (exact) mass is 715 g/mol. The average molecular weight is 716 g/mol. The molecule has 0 saturated heterocycles. The first-order valence-electron chi connectivity index (χ1n) is 19.5. The number of fused-ring (bicyclic) bond motifs is 4. The van der Waals surface area contributed by atoms with Crippen molar-refractivity contribution < 1.29 is 0 Å². The molecule has 266 valence electrons. The SMILES string of the molecule is CC1(C)c2ccccc2-c2c(-c3ccccc3N(c3ccc(-c4cccc(-c5ccccc5)c4)cc3)c3ccccc3-c3ccc4ccccc4c3)cccc21. The van der Waals surface area contributed by atoms with Gasteiger partial charge in [-0.2, -0.15) is 0 Å². The third-order valence-electron chi connectivity index (χ3n) is 11.7. The van der Waals surface area contributed by atoms with Crippen LogP contribution in [0.1, 0.15) is 25.0 Å². The van der Waals surface area contributed by atoms with Gasteiger partial charge in [-0.05, 0) is 103 Å². The van der Waals surface area contributed by atoms with Crippen molar-refractivity contribution in [1.82, 2.24) is 0 Å². The van der Waals surface area contributed by atoms with Gasteiger partial charge >= 0.3 is 0 Å². The molecule has 1 aliphatic carbocycles. The molecule has 0 amide bonds. The van der Waals surface area contributed by atoms with E-state index in [9.17, 15) is 0 Å². The Balaban J connectivity index is 1.17. The van der Waals surface area contributed by atoms with Crippen LogP contribution >= 0.6 is 0 Å². The second kappa shape index (κ2) is 13.7. The third-order valence-corrected chi connectivity index (χ3v) is 11.7. The van der Waals surface area contributed by atoms with Gasteiger partial charge in [0.2, 0.25) is 0 Å². The first-order chi connectivity index (χ1) is 27.5. The van der Waals surface area contributed by atoms with Crippen molar-refractivity contribution >= 4 is 27.8 Å². The molecule has 9 aromatic rings. The van der Waals surface area contributed by atoms with Crippen molar-refractivity contribution in [1.29, 1.82) is 0 Å². The van der Waals surface area contributed by atoms with Gasteiger partial charge in [0.15, 0.2) is 0 Å². The zero-order valence-electron chi connectivity index (χ0n) is 31.7. The first-order valence-corrected chi connectivity index (χ1v) is 19.5. The van der Waals surface area contributed by atoms with E-state index in [1.807, 2.05) is 0 Å². The van der Waals surface area contributed by atoms with Crippen molar-refractivity contribution in [3.63, 3.8) is 0 Å². The van der Waals surface area contributed by atoms with Crippen LogP contribution < -0.4 is 4.90 Å². The van der Waals surface area contributed by atoms with Gasteiger partial charge in [0, 0.05) is 22.2 Å². The zero-order chi connectivity index (χ0) is 37.6. The number of nitrogens with zero attached hydrogens (tertiary/aromatic N) is 1. The fourth-order valence-corrected chi connectivity index (χ4v) is 8.86. The van der Waals surface area contributed by atoms with Crippen LogP contribution in [0.4, 0.5) is 17.1 Å². The van der Waals surface area contributed by atoms with Gasteiger partial charge in [-0.15, -0.1) is 0 Å². The maximum Gasteiger partial charge on any atom is 0.0540 e. The highest BCUT2D eigenvalue weighted by Gasteiger charge is 2.37. The van der Waals surface area contributed by atoms with Gasteiger partial charge in [0.25, 0.3) is 0 Å². The lowest BCUT2D eigenvalue weighted by Gasteiger charge is -2.30. The van der Waals surface area contributed by atoms with E-state index < -0.39 is 0 Å². The molecule has 0 radical (unpaired) electrons. The van der Waals surface area contributed by atoms with Crippen molar-refractivity contribution in [2.45, 2.75) is 19.3 Å². The number of rotatable bonds is 7. The summed E-state index contributed by atoms with van der Waals surface area (Å²) < 4.78 is 0. The maximum atomic E-state index is 2.47. The summed E-state index contributed by atoms with van der Waals surface area (Å²) in [6.45, 7) is 4.72. The summed E-state index contributed by atoms with van der Waals surface area (Å²) in [5.41, 5.74) is 18.3. The second-order valence-corrected chi connectivity index (χ2v) is 15.3. The van der Waals surface area contributed by atoms with E-state index in [0.29, 0.717) is 0 Å². The summed E-state index contributed by atoms with van der Waals surface area (Å²) in [5.74, 6) is 0. The smallest absolute Gasteiger partial charge is 0.0540 e. The Morgan fingerprint density at radius 2 is 0.839 bits per heavy atom. The van der Waals surface area contributed by atoms with Gasteiger partial charge < -0.3 is 4.90 Å². The van der Waals surface area contributed by atoms with Crippen LogP contribution in [0.15, 0.2) is 212 Å². The minimum Gasteiger partial charge on any atom is -0.309 e. The summed E-state index contributed by atoms with van der Waals surface area (Å²) in [6.07, 6.45) is 0. The van der Waals surface area contributed by atoms with Gasteiger partial charge in [0.1, 0.15) is 0 Å². The molecule has 0 bridgehead atoms. The summed E-state index contributed by atoms with van der Waals surface area (Å²) in [7, 11) is 0. The molecule has 0 fully saturated rings. The Morgan fingerprint density at radius 3 is 1.61 bits per heavy atom. The Bertz CT molecular complexity index is 2880. The molecule has 0 saturated carbocycles.